The molecular formula is C26H26ClN3O3S. The molecule has 2 amide bonds. The van der Waals surface area contributed by atoms with Crippen LogP contribution in [0.25, 0.3) is 11.6 Å². The van der Waals surface area contributed by atoms with Gasteiger partial charge in [0.2, 0.25) is 0 Å². The van der Waals surface area contributed by atoms with E-state index < -0.39 is 11.8 Å². The summed E-state index contributed by atoms with van der Waals surface area (Å²) in [4.78, 5) is 29.6. The molecule has 1 N–H and O–H groups in total. The zero-order chi connectivity index (χ0) is 24.8. The van der Waals surface area contributed by atoms with Crippen LogP contribution in [0.5, 0.6) is 5.75 Å². The number of halogens is 1. The third-order valence-electron chi connectivity index (χ3n) is 6.14. The van der Waals surface area contributed by atoms with Gasteiger partial charge < -0.3 is 9.64 Å². The molecule has 1 saturated heterocycles. The molecule has 4 rings (SSSR count). The second-order valence-corrected chi connectivity index (χ2v) is 9.61. The number of hydrogen-bond donors (Lipinski definition) is 1. The number of hydrogen-bond acceptors (Lipinski definition) is 5. The van der Waals surface area contributed by atoms with Crippen LogP contribution < -0.4 is 19.9 Å². The van der Waals surface area contributed by atoms with Crippen LogP contribution >= 0.6 is 23.8 Å². The normalized spacial score (nSPS) is 18.6. The lowest BCUT2D eigenvalue weighted by Crippen LogP contribution is -2.54. The highest BCUT2D eigenvalue weighted by molar-refractivity contribution is 7.80. The molecule has 0 bridgehead atoms. The zero-order valence-corrected chi connectivity index (χ0v) is 21.3. The summed E-state index contributed by atoms with van der Waals surface area (Å²) in [7, 11) is 2.02. The monoisotopic (exact) mass is 495 g/mol. The lowest BCUT2D eigenvalue weighted by molar-refractivity contribution is -0.122. The number of likely N-dealkylation sites (N-methyl/N-ethyl adjacent to an activating group) is 1. The fourth-order valence-electron chi connectivity index (χ4n) is 4.20. The summed E-state index contributed by atoms with van der Waals surface area (Å²) in [6.07, 6.45) is 3.71. The highest BCUT2D eigenvalue weighted by Gasteiger charge is 2.35. The van der Waals surface area contributed by atoms with Crippen LogP contribution in [0, 0.1) is 0 Å². The van der Waals surface area contributed by atoms with Gasteiger partial charge in [0.25, 0.3) is 11.8 Å². The van der Waals surface area contributed by atoms with Gasteiger partial charge in [0.15, 0.2) is 5.11 Å². The number of nitrogens with one attached hydrogen (secondary N) is 1. The van der Waals surface area contributed by atoms with E-state index >= 15 is 0 Å². The van der Waals surface area contributed by atoms with Gasteiger partial charge in [-0.05, 0) is 93.5 Å². The second kappa shape index (κ2) is 8.89. The fraction of sp³-hybridized carbons (Fsp3) is 0.269. The number of amides is 2. The van der Waals surface area contributed by atoms with Crippen LogP contribution in [0.4, 0.5) is 11.4 Å². The summed E-state index contributed by atoms with van der Waals surface area (Å²) in [5, 5.41) is 3.08. The predicted octanol–water partition coefficient (Wildman–Crippen LogP) is 5.20. The molecule has 0 unspecified atom stereocenters. The number of rotatable bonds is 4. The molecule has 0 saturated carbocycles. The van der Waals surface area contributed by atoms with Crippen molar-refractivity contribution >= 4 is 63.8 Å². The van der Waals surface area contributed by atoms with Gasteiger partial charge in [-0.2, -0.15) is 0 Å². The maximum absolute atomic E-state index is 13.4. The molecule has 2 aliphatic heterocycles. The number of thiocarbonyl (C=S) groups is 1. The first-order valence-electron chi connectivity index (χ1n) is 10.9. The molecular weight excluding hydrogens is 470 g/mol. The molecule has 0 radical (unpaired) electrons. The SMILES string of the molecule is CCOc1ccc(N2C(=O)/C(=C/c3cc4c(cc3Cl)N(C)C(C)(C)C=C4C)C(=O)NC2=S)cc1. The van der Waals surface area contributed by atoms with Gasteiger partial charge in [0, 0.05) is 23.3 Å². The highest BCUT2D eigenvalue weighted by Crippen LogP contribution is 2.41. The Hall–Kier alpha value is -3.16. The number of carbonyl (C=O) groups is 2. The van der Waals surface area contributed by atoms with Gasteiger partial charge in [0.05, 0.1) is 17.8 Å². The molecule has 2 aromatic carbocycles. The standard InChI is InChI=1S/C26H26ClN3O3S/c1-6-33-18-9-7-17(8-10-18)30-24(32)20(23(31)28-25(30)34)12-16-11-19-15(2)14-26(3,4)29(5)22(19)13-21(16)27/h7-14H,6H2,1-5H3,(H,28,31,34)/b20-12+. The topological polar surface area (TPSA) is 61.9 Å². The average Bonchev–Trinajstić information content (AvgIpc) is 2.76. The maximum atomic E-state index is 13.4. The molecule has 6 nitrogen and oxygen atoms in total. The van der Waals surface area contributed by atoms with E-state index in [1.54, 1.807) is 24.3 Å². The van der Waals surface area contributed by atoms with Crippen LogP contribution in [0.3, 0.4) is 0 Å². The molecule has 8 heteroatoms. The molecule has 0 aromatic heterocycles. The van der Waals surface area contributed by atoms with Crippen LogP contribution in [-0.4, -0.2) is 36.1 Å². The van der Waals surface area contributed by atoms with Crippen molar-refractivity contribution in [2.45, 2.75) is 33.2 Å². The number of fused-ring (bicyclic) bond motifs is 1. The lowest BCUT2D eigenvalue weighted by Gasteiger charge is -2.40. The highest BCUT2D eigenvalue weighted by atomic mass is 35.5. The number of anilines is 2. The van der Waals surface area contributed by atoms with Gasteiger partial charge >= 0.3 is 0 Å². The third-order valence-corrected chi connectivity index (χ3v) is 6.75. The second-order valence-electron chi connectivity index (χ2n) is 8.82. The van der Waals surface area contributed by atoms with E-state index in [0.717, 1.165) is 16.8 Å². The Bertz CT molecular complexity index is 1260. The Kier molecular flexibility index (Phi) is 6.27. The van der Waals surface area contributed by atoms with Crippen molar-refractivity contribution in [2.75, 3.05) is 23.5 Å². The maximum Gasteiger partial charge on any atom is 0.270 e. The summed E-state index contributed by atoms with van der Waals surface area (Å²) >= 11 is 11.9. The predicted molar refractivity (Wildman–Crippen MR) is 141 cm³/mol. The molecule has 0 atom stereocenters. The lowest BCUT2D eigenvalue weighted by atomic mass is 9.88. The van der Waals surface area contributed by atoms with Crippen LogP contribution in [-0.2, 0) is 9.59 Å². The smallest absolute Gasteiger partial charge is 0.270 e. The molecule has 2 aromatic rings. The molecule has 34 heavy (non-hydrogen) atoms. The number of benzene rings is 2. The quantitative estimate of drug-likeness (QED) is 0.359. The van der Waals surface area contributed by atoms with E-state index in [9.17, 15) is 9.59 Å². The molecule has 2 aliphatic rings. The largest absolute Gasteiger partial charge is 0.494 e. The summed E-state index contributed by atoms with van der Waals surface area (Å²) in [6.45, 7) is 8.74. The van der Waals surface area contributed by atoms with E-state index in [4.69, 9.17) is 28.6 Å². The molecule has 176 valence electrons. The van der Waals surface area contributed by atoms with Gasteiger partial charge in [-0.15, -0.1) is 0 Å². The van der Waals surface area contributed by atoms with E-state index in [2.05, 4.69) is 30.1 Å². The average molecular weight is 496 g/mol. The summed E-state index contributed by atoms with van der Waals surface area (Å²) in [5.74, 6) is -0.396. The Morgan fingerprint density at radius 3 is 2.50 bits per heavy atom. The van der Waals surface area contributed by atoms with Crippen LogP contribution in [0.1, 0.15) is 38.8 Å². The Labute approximate surface area is 209 Å². The number of carbonyl (C=O) groups excluding carboxylic acids is 2. The Balaban J connectivity index is 1.74. The van der Waals surface area contributed by atoms with Gasteiger partial charge in [-0.1, -0.05) is 17.7 Å². The van der Waals surface area contributed by atoms with Crippen molar-refractivity contribution in [3.8, 4) is 5.75 Å². The van der Waals surface area contributed by atoms with E-state index in [1.807, 2.05) is 33.0 Å². The van der Waals surface area contributed by atoms with Crippen LogP contribution in [0.2, 0.25) is 5.02 Å². The van der Waals surface area contributed by atoms with Crippen LogP contribution in [0.15, 0.2) is 48.0 Å². The number of allylic oxidation sites excluding steroid dienone is 1. The first-order chi connectivity index (χ1) is 16.0. The third kappa shape index (κ3) is 4.21. The fourth-order valence-corrected chi connectivity index (χ4v) is 4.70. The molecule has 2 heterocycles. The number of nitrogens with zero attached hydrogens (tertiary/aromatic N) is 2. The molecule has 0 spiro atoms. The number of ether oxygens (including phenoxy) is 1. The van der Waals surface area contributed by atoms with Gasteiger partial charge in [-0.25, -0.2) is 0 Å². The Morgan fingerprint density at radius 1 is 1.18 bits per heavy atom. The van der Waals surface area contributed by atoms with Crippen molar-refractivity contribution in [3.63, 3.8) is 0 Å². The van der Waals surface area contributed by atoms with Crippen molar-refractivity contribution < 1.29 is 14.3 Å². The van der Waals surface area contributed by atoms with E-state index in [1.165, 1.54) is 11.0 Å². The minimum atomic E-state index is -0.559. The summed E-state index contributed by atoms with van der Waals surface area (Å²) in [5.41, 5.74) is 4.01. The molecule has 0 aliphatic carbocycles. The minimum Gasteiger partial charge on any atom is -0.494 e. The van der Waals surface area contributed by atoms with Gasteiger partial charge in [-0.3, -0.25) is 19.8 Å². The Morgan fingerprint density at radius 2 is 1.85 bits per heavy atom. The van der Waals surface area contributed by atoms with Crippen molar-refractivity contribution in [3.05, 3.63) is 64.2 Å². The minimum absolute atomic E-state index is 0.0236. The molecule has 1 fully saturated rings. The summed E-state index contributed by atoms with van der Waals surface area (Å²) < 4.78 is 5.47. The zero-order valence-electron chi connectivity index (χ0n) is 19.7. The van der Waals surface area contributed by atoms with Gasteiger partial charge in [0.1, 0.15) is 11.3 Å². The van der Waals surface area contributed by atoms with E-state index in [0.29, 0.717) is 28.6 Å². The van der Waals surface area contributed by atoms with Crippen molar-refractivity contribution in [1.29, 1.82) is 0 Å². The van der Waals surface area contributed by atoms with Crippen molar-refractivity contribution in [1.82, 2.24) is 5.32 Å². The first-order valence-corrected chi connectivity index (χ1v) is 11.7. The summed E-state index contributed by atoms with van der Waals surface area (Å²) in [6, 6.07) is 10.7. The van der Waals surface area contributed by atoms with E-state index in [-0.39, 0.29) is 16.2 Å². The first kappa shape index (κ1) is 24.0. The van der Waals surface area contributed by atoms with Crippen molar-refractivity contribution in [2.24, 2.45) is 0 Å².